The normalized spacial score (nSPS) is 12.9. The predicted octanol–water partition coefficient (Wildman–Crippen LogP) is 22.8. The van der Waals surface area contributed by atoms with Crippen molar-refractivity contribution in [1.29, 1.82) is 0 Å². The first-order valence-electron chi connectivity index (χ1n) is 33.0. The van der Waals surface area contributed by atoms with Gasteiger partial charge >= 0.3 is 17.9 Å². The number of hydrogen-bond donors (Lipinski definition) is 0. The molecule has 0 aromatic carbocycles. The maximum Gasteiger partial charge on any atom is 0.306 e. The van der Waals surface area contributed by atoms with Crippen molar-refractivity contribution in [2.24, 2.45) is 0 Å². The average Bonchev–Trinajstić information content (AvgIpc) is 3.45. The van der Waals surface area contributed by atoms with Gasteiger partial charge in [0.25, 0.3) is 0 Å². The smallest absolute Gasteiger partial charge is 0.306 e. The SMILES string of the molecule is CC/C=C\C/C=C\C/C=C\C/C=C\C/C=C\C/C=C\C/C=C\CCCCCCCC(=O)OCC(COC(=O)CCCCCCCCC)OC(=O)CCCCCCCCCCCCCC/C=C\C/C=C\C/C=C\CCCCCCC. The molecule has 0 aliphatic rings. The highest BCUT2D eigenvalue weighted by atomic mass is 16.6. The van der Waals surface area contributed by atoms with Crippen molar-refractivity contribution in [3.8, 4) is 0 Å². The Balaban J connectivity index is 4.19. The van der Waals surface area contributed by atoms with Crippen LogP contribution >= 0.6 is 0 Å². The summed E-state index contributed by atoms with van der Waals surface area (Å²) in [6.07, 6.45) is 92.3. The van der Waals surface area contributed by atoms with Crippen LogP contribution in [-0.2, 0) is 28.6 Å². The van der Waals surface area contributed by atoms with Gasteiger partial charge in [-0.2, -0.15) is 0 Å². The van der Waals surface area contributed by atoms with Gasteiger partial charge in [-0.15, -0.1) is 0 Å². The highest BCUT2D eigenvalue weighted by Gasteiger charge is 2.19. The van der Waals surface area contributed by atoms with Crippen LogP contribution in [-0.4, -0.2) is 37.2 Å². The van der Waals surface area contributed by atoms with Gasteiger partial charge in [-0.05, 0) is 116 Å². The van der Waals surface area contributed by atoms with Gasteiger partial charge in [0, 0.05) is 19.3 Å². The summed E-state index contributed by atoms with van der Waals surface area (Å²) >= 11 is 0. The van der Waals surface area contributed by atoms with E-state index in [0.717, 1.165) is 135 Å². The molecular formula is C73H122O6. The van der Waals surface area contributed by atoms with Crippen LogP contribution in [0.15, 0.2) is 122 Å². The minimum absolute atomic E-state index is 0.0858. The van der Waals surface area contributed by atoms with E-state index in [1.54, 1.807) is 0 Å². The van der Waals surface area contributed by atoms with Crippen LogP contribution < -0.4 is 0 Å². The highest BCUT2D eigenvalue weighted by Crippen LogP contribution is 2.16. The van der Waals surface area contributed by atoms with Gasteiger partial charge in [-0.3, -0.25) is 14.4 Å². The molecule has 0 aromatic heterocycles. The van der Waals surface area contributed by atoms with Crippen LogP contribution in [0.1, 0.15) is 303 Å². The summed E-state index contributed by atoms with van der Waals surface area (Å²) in [5, 5.41) is 0. The fourth-order valence-electron chi connectivity index (χ4n) is 9.02. The molecule has 0 fully saturated rings. The Labute approximate surface area is 488 Å². The van der Waals surface area contributed by atoms with Crippen LogP contribution in [0.4, 0.5) is 0 Å². The largest absolute Gasteiger partial charge is 0.462 e. The molecular weight excluding hydrogens is 973 g/mol. The number of hydrogen-bond acceptors (Lipinski definition) is 6. The average molecular weight is 1100 g/mol. The molecule has 0 aliphatic carbocycles. The molecule has 0 radical (unpaired) electrons. The number of unbranched alkanes of at least 4 members (excludes halogenated alkanes) is 28. The molecule has 0 aliphatic heterocycles. The molecule has 0 bridgehead atoms. The first kappa shape index (κ1) is 74.8. The van der Waals surface area contributed by atoms with Crippen molar-refractivity contribution in [3.63, 3.8) is 0 Å². The maximum atomic E-state index is 12.9. The first-order valence-corrected chi connectivity index (χ1v) is 33.0. The van der Waals surface area contributed by atoms with Crippen LogP contribution in [0.25, 0.3) is 0 Å². The van der Waals surface area contributed by atoms with Crippen molar-refractivity contribution in [3.05, 3.63) is 122 Å². The summed E-state index contributed by atoms with van der Waals surface area (Å²) < 4.78 is 16.8. The fraction of sp³-hybridized carbons (Fsp3) is 0.685. The lowest BCUT2D eigenvalue weighted by Crippen LogP contribution is -2.30. The van der Waals surface area contributed by atoms with Gasteiger partial charge < -0.3 is 14.2 Å². The fourth-order valence-corrected chi connectivity index (χ4v) is 9.02. The molecule has 1 unspecified atom stereocenters. The molecule has 0 aromatic rings. The standard InChI is InChI=1S/C73H122O6/c1-4-7-10-13-16-18-20-22-24-26-28-30-32-34-36-38-40-42-44-46-48-50-52-54-57-60-63-66-72(75)78-69-70(68-77-71(74)65-62-59-56-15-12-9-6-3)79-73(76)67-64-61-58-55-53-51-49-47-45-43-41-39-37-35-33-31-29-27-25-23-21-19-17-14-11-8-5-2/h7,10,16,18,21-24,27-30,33-36,40,42,46,48,70H,4-6,8-9,11-15,17,19-20,25-26,31-32,37-39,41,43-45,47,49-69H2,1-3H3/b10-7-,18-16-,23-21-,24-22-,29-27-,30-28-,35-33-,36-34-,42-40-,48-46-. The molecule has 0 spiro atoms. The summed E-state index contributed by atoms with van der Waals surface area (Å²) in [7, 11) is 0. The predicted molar refractivity (Wildman–Crippen MR) is 343 cm³/mol. The maximum absolute atomic E-state index is 12.9. The van der Waals surface area contributed by atoms with Crippen LogP contribution in [0.3, 0.4) is 0 Å². The Bertz CT molecular complexity index is 1640. The van der Waals surface area contributed by atoms with Gasteiger partial charge in [-0.25, -0.2) is 0 Å². The summed E-state index contributed by atoms with van der Waals surface area (Å²) in [6, 6.07) is 0. The number of carbonyl (C=O) groups is 3. The third-order valence-corrected chi connectivity index (χ3v) is 14.0. The molecule has 0 saturated heterocycles. The Morgan fingerprint density at radius 2 is 0.494 bits per heavy atom. The van der Waals surface area contributed by atoms with E-state index >= 15 is 0 Å². The molecule has 0 N–H and O–H groups in total. The Morgan fingerprint density at radius 3 is 0.772 bits per heavy atom. The lowest BCUT2D eigenvalue weighted by atomic mass is 10.0. The van der Waals surface area contributed by atoms with E-state index in [2.05, 4.69) is 142 Å². The van der Waals surface area contributed by atoms with E-state index in [9.17, 15) is 14.4 Å². The Hall–Kier alpha value is -4.19. The molecule has 1 atom stereocenters. The van der Waals surface area contributed by atoms with E-state index in [0.29, 0.717) is 19.3 Å². The zero-order valence-electron chi connectivity index (χ0n) is 51.6. The molecule has 6 nitrogen and oxygen atoms in total. The minimum atomic E-state index is -0.788. The molecule has 6 heteroatoms. The van der Waals surface area contributed by atoms with E-state index in [4.69, 9.17) is 14.2 Å². The van der Waals surface area contributed by atoms with E-state index < -0.39 is 6.10 Å². The molecule has 0 heterocycles. The zero-order chi connectivity index (χ0) is 57.1. The number of allylic oxidation sites excluding steroid dienone is 20. The monoisotopic (exact) mass is 1090 g/mol. The summed E-state index contributed by atoms with van der Waals surface area (Å²) in [5.41, 5.74) is 0. The second kappa shape index (κ2) is 66.3. The van der Waals surface area contributed by atoms with Crippen molar-refractivity contribution < 1.29 is 28.6 Å². The van der Waals surface area contributed by atoms with E-state index in [-0.39, 0.29) is 31.1 Å². The van der Waals surface area contributed by atoms with Crippen molar-refractivity contribution in [2.45, 2.75) is 309 Å². The van der Waals surface area contributed by atoms with Crippen LogP contribution in [0, 0.1) is 0 Å². The lowest BCUT2D eigenvalue weighted by Gasteiger charge is -2.18. The third kappa shape index (κ3) is 64.5. The second-order valence-corrected chi connectivity index (χ2v) is 21.6. The number of carbonyl (C=O) groups excluding carboxylic acids is 3. The highest BCUT2D eigenvalue weighted by molar-refractivity contribution is 5.71. The van der Waals surface area contributed by atoms with Crippen molar-refractivity contribution in [2.75, 3.05) is 13.2 Å². The van der Waals surface area contributed by atoms with Crippen LogP contribution in [0.5, 0.6) is 0 Å². The van der Waals surface area contributed by atoms with Gasteiger partial charge in [0.2, 0.25) is 0 Å². The van der Waals surface area contributed by atoms with Crippen molar-refractivity contribution in [1.82, 2.24) is 0 Å². The van der Waals surface area contributed by atoms with Crippen LogP contribution in [0.2, 0.25) is 0 Å². The molecule has 79 heavy (non-hydrogen) atoms. The number of ether oxygens (including phenoxy) is 3. The molecule has 0 amide bonds. The van der Waals surface area contributed by atoms with Gasteiger partial charge in [0.05, 0.1) is 0 Å². The first-order chi connectivity index (χ1) is 39.0. The Kier molecular flexibility index (Phi) is 62.8. The van der Waals surface area contributed by atoms with E-state index in [1.807, 2.05) is 0 Å². The number of rotatable bonds is 59. The zero-order valence-corrected chi connectivity index (χ0v) is 51.6. The van der Waals surface area contributed by atoms with E-state index in [1.165, 1.54) is 128 Å². The lowest BCUT2D eigenvalue weighted by molar-refractivity contribution is -0.167. The Morgan fingerprint density at radius 1 is 0.266 bits per heavy atom. The molecule has 0 saturated carbocycles. The quantitative estimate of drug-likeness (QED) is 0.0261. The molecule has 450 valence electrons. The third-order valence-electron chi connectivity index (χ3n) is 14.0. The summed E-state index contributed by atoms with van der Waals surface area (Å²) in [5.74, 6) is -0.910. The van der Waals surface area contributed by atoms with Gasteiger partial charge in [-0.1, -0.05) is 290 Å². The topological polar surface area (TPSA) is 78.9 Å². The van der Waals surface area contributed by atoms with Gasteiger partial charge in [0.1, 0.15) is 13.2 Å². The summed E-state index contributed by atoms with van der Waals surface area (Å²) in [6.45, 7) is 6.47. The second-order valence-electron chi connectivity index (χ2n) is 21.6. The van der Waals surface area contributed by atoms with Crippen molar-refractivity contribution >= 4 is 17.9 Å². The molecule has 0 rings (SSSR count). The van der Waals surface area contributed by atoms with Gasteiger partial charge in [0.15, 0.2) is 6.10 Å². The minimum Gasteiger partial charge on any atom is -0.462 e. The number of esters is 3. The summed E-state index contributed by atoms with van der Waals surface area (Å²) in [4.78, 5) is 38.1.